The predicted octanol–water partition coefficient (Wildman–Crippen LogP) is 2.46. The Bertz CT molecular complexity index is 382. The van der Waals surface area contributed by atoms with E-state index in [0.717, 1.165) is 36.7 Å². The van der Waals surface area contributed by atoms with Crippen LogP contribution in [-0.4, -0.2) is 34.8 Å². The number of hydrogen-bond donors (Lipinski definition) is 3. The van der Waals surface area contributed by atoms with Crippen LogP contribution >= 0.6 is 0 Å². The normalized spacial score (nSPS) is 12.5. The van der Waals surface area contributed by atoms with Gasteiger partial charge in [0, 0.05) is 25.3 Å². The van der Waals surface area contributed by atoms with E-state index in [1.54, 1.807) is 6.33 Å². The third kappa shape index (κ3) is 4.67. The molecule has 0 fully saturated rings. The van der Waals surface area contributed by atoms with Gasteiger partial charge in [0.15, 0.2) is 0 Å². The highest BCUT2D eigenvalue weighted by atomic mass is 16.3. The van der Waals surface area contributed by atoms with Gasteiger partial charge in [-0.05, 0) is 25.2 Å². The average Bonchev–Trinajstić information content (AvgIpc) is 2.37. The zero-order chi connectivity index (χ0) is 14.3. The van der Waals surface area contributed by atoms with E-state index in [1.807, 2.05) is 0 Å². The van der Waals surface area contributed by atoms with Crippen LogP contribution in [0, 0.1) is 5.92 Å². The number of anilines is 2. The molecule has 5 nitrogen and oxygen atoms in total. The number of nitrogens with one attached hydrogen (secondary N) is 2. The number of aliphatic hydroxyl groups excluding tert-OH is 1. The second-order valence-corrected chi connectivity index (χ2v) is 5.17. The lowest BCUT2D eigenvalue weighted by molar-refractivity contribution is 0.266. The summed E-state index contributed by atoms with van der Waals surface area (Å²) in [6.45, 7) is 10.3. The SMILES string of the molecule is CCNc1ncnc(NCC(C)CCO)c1C(C)C. The van der Waals surface area contributed by atoms with Gasteiger partial charge in [-0.15, -0.1) is 0 Å². The van der Waals surface area contributed by atoms with Gasteiger partial charge in [0.1, 0.15) is 18.0 Å². The molecule has 1 aromatic rings. The predicted molar refractivity (Wildman–Crippen MR) is 79.6 cm³/mol. The molecule has 1 atom stereocenters. The highest BCUT2D eigenvalue weighted by molar-refractivity contribution is 5.58. The second kappa shape index (κ2) is 7.94. The Morgan fingerprint density at radius 1 is 1.16 bits per heavy atom. The van der Waals surface area contributed by atoms with Crippen molar-refractivity contribution in [3.8, 4) is 0 Å². The van der Waals surface area contributed by atoms with Crippen molar-refractivity contribution in [3.63, 3.8) is 0 Å². The van der Waals surface area contributed by atoms with E-state index in [0.29, 0.717) is 11.8 Å². The molecule has 1 unspecified atom stereocenters. The molecule has 0 aliphatic rings. The lowest BCUT2D eigenvalue weighted by atomic mass is 10.0. The lowest BCUT2D eigenvalue weighted by Crippen LogP contribution is -2.16. The van der Waals surface area contributed by atoms with Crippen LogP contribution in [-0.2, 0) is 0 Å². The molecule has 0 aliphatic carbocycles. The molecule has 0 spiro atoms. The van der Waals surface area contributed by atoms with Crippen LogP contribution in [0.1, 0.15) is 45.6 Å². The van der Waals surface area contributed by atoms with Gasteiger partial charge in [-0.2, -0.15) is 0 Å². The van der Waals surface area contributed by atoms with Gasteiger partial charge in [-0.25, -0.2) is 9.97 Å². The Morgan fingerprint density at radius 2 is 1.79 bits per heavy atom. The number of hydrogen-bond acceptors (Lipinski definition) is 5. The zero-order valence-corrected chi connectivity index (χ0v) is 12.4. The molecule has 0 amide bonds. The molecule has 0 saturated carbocycles. The molecule has 1 aromatic heterocycles. The minimum absolute atomic E-state index is 0.228. The number of aromatic nitrogens is 2. The first-order chi connectivity index (χ1) is 9.10. The van der Waals surface area contributed by atoms with E-state index in [4.69, 9.17) is 5.11 Å². The van der Waals surface area contributed by atoms with E-state index in [-0.39, 0.29) is 6.61 Å². The topological polar surface area (TPSA) is 70.1 Å². The van der Waals surface area contributed by atoms with Crippen LogP contribution in [0.4, 0.5) is 11.6 Å². The van der Waals surface area contributed by atoms with E-state index in [9.17, 15) is 0 Å². The monoisotopic (exact) mass is 266 g/mol. The van der Waals surface area contributed by atoms with E-state index < -0.39 is 0 Å². The third-order valence-electron chi connectivity index (χ3n) is 3.05. The summed E-state index contributed by atoms with van der Waals surface area (Å²) in [5, 5.41) is 15.6. The maximum absolute atomic E-state index is 8.93. The van der Waals surface area contributed by atoms with Crippen LogP contribution in [0.25, 0.3) is 0 Å². The fourth-order valence-corrected chi connectivity index (χ4v) is 1.98. The van der Waals surface area contributed by atoms with Crippen molar-refractivity contribution in [1.82, 2.24) is 9.97 Å². The first kappa shape index (κ1) is 15.7. The molecule has 1 heterocycles. The zero-order valence-electron chi connectivity index (χ0n) is 12.4. The van der Waals surface area contributed by atoms with Crippen molar-refractivity contribution in [3.05, 3.63) is 11.9 Å². The van der Waals surface area contributed by atoms with Crippen LogP contribution < -0.4 is 10.6 Å². The Labute approximate surface area is 115 Å². The summed E-state index contributed by atoms with van der Waals surface area (Å²) in [5.74, 6) is 2.57. The molecule has 1 rings (SSSR count). The molecule has 108 valence electrons. The van der Waals surface area contributed by atoms with Gasteiger partial charge in [0.05, 0.1) is 0 Å². The maximum Gasteiger partial charge on any atom is 0.134 e. The first-order valence-electron chi connectivity index (χ1n) is 7.03. The summed E-state index contributed by atoms with van der Waals surface area (Å²) in [6.07, 6.45) is 2.39. The molecule has 0 radical (unpaired) electrons. The van der Waals surface area contributed by atoms with Gasteiger partial charge in [0.25, 0.3) is 0 Å². The quantitative estimate of drug-likeness (QED) is 0.674. The molecule has 3 N–H and O–H groups in total. The van der Waals surface area contributed by atoms with Crippen LogP contribution in [0.3, 0.4) is 0 Å². The van der Waals surface area contributed by atoms with Gasteiger partial charge in [0.2, 0.25) is 0 Å². The van der Waals surface area contributed by atoms with Crippen molar-refractivity contribution in [2.24, 2.45) is 5.92 Å². The lowest BCUT2D eigenvalue weighted by Gasteiger charge is -2.19. The Kier molecular flexibility index (Phi) is 6.56. The van der Waals surface area contributed by atoms with Crippen molar-refractivity contribution < 1.29 is 5.11 Å². The minimum atomic E-state index is 0.228. The van der Waals surface area contributed by atoms with Crippen molar-refractivity contribution in [2.45, 2.75) is 40.0 Å². The maximum atomic E-state index is 8.93. The summed E-state index contributed by atoms with van der Waals surface area (Å²) in [4.78, 5) is 8.66. The largest absolute Gasteiger partial charge is 0.396 e. The van der Waals surface area contributed by atoms with E-state index >= 15 is 0 Å². The van der Waals surface area contributed by atoms with Crippen molar-refractivity contribution in [1.29, 1.82) is 0 Å². The smallest absolute Gasteiger partial charge is 0.134 e. The number of rotatable bonds is 8. The van der Waals surface area contributed by atoms with Crippen LogP contribution in [0.2, 0.25) is 0 Å². The third-order valence-corrected chi connectivity index (χ3v) is 3.05. The number of aliphatic hydroxyl groups is 1. The van der Waals surface area contributed by atoms with E-state index in [1.165, 1.54) is 0 Å². The number of nitrogens with zero attached hydrogens (tertiary/aromatic N) is 2. The molecule has 0 bridgehead atoms. The van der Waals surface area contributed by atoms with Gasteiger partial charge >= 0.3 is 0 Å². The first-order valence-corrected chi connectivity index (χ1v) is 7.03. The standard InChI is InChI=1S/C14H26N4O/c1-5-15-13-12(10(2)3)14(18-9-17-13)16-8-11(4)6-7-19/h9-11,19H,5-8H2,1-4H3,(H2,15,16,17,18). The molecule has 0 saturated heterocycles. The fraction of sp³-hybridized carbons (Fsp3) is 0.714. The molecule has 5 heteroatoms. The summed E-state index contributed by atoms with van der Waals surface area (Å²) in [5.41, 5.74) is 1.13. The molecular formula is C14H26N4O. The highest BCUT2D eigenvalue weighted by Gasteiger charge is 2.14. The minimum Gasteiger partial charge on any atom is -0.396 e. The highest BCUT2D eigenvalue weighted by Crippen LogP contribution is 2.28. The van der Waals surface area contributed by atoms with Gasteiger partial charge in [-0.1, -0.05) is 20.8 Å². The van der Waals surface area contributed by atoms with Crippen LogP contribution in [0.15, 0.2) is 6.33 Å². The van der Waals surface area contributed by atoms with Crippen molar-refractivity contribution >= 4 is 11.6 Å². The Hall–Kier alpha value is -1.36. The molecule has 0 aliphatic heterocycles. The molecule has 0 aromatic carbocycles. The Morgan fingerprint density at radius 3 is 2.32 bits per heavy atom. The molecule has 19 heavy (non-hydrogen) atoms. The van der Waals surface area contributed by atoms with Crippen molar-refractivity contribution in [2.75, 3.05) is 30.3 Å². The summed E-state index contributed by atoms with van der Waals surface area (Å²) < 4.78 is 0. The summed E-state index contributed by atoms with van der Waals surface area (Å²) in [7, 11) is 0. The Balaban J connectivity index is 2.84. The average molecular weight is 266 g/mol. The van der Waals surface area contributed by atoms with Gasteiger partial charge in [-0.3, -0.25) is 0 Å². The summed E-state index contributed by atoms with van der Waals surface area (Å²) in [6, 6.07) is 0. The molecular weight excluding hydrogens is 240 g/mol. The fourth-order valence-electron chi connectivity index (χ4n) is 1.98. The van der Waals surface area contributed by atoms with E-state index in [2.05, 4.69) is 48.3 Å². The second-order valence-electron chi connectivity index (χ2n) is 5.17. The summed E-state index contributed by atoms with van der Waals surface area (Å²) >= 11 is 0. The van der Waals surface area contributed by atoms with Crippen LogP contribution in [0.5, 0.6) is 0 Å². The van der Waals surface area contributed by atoms with Gasteiger partial charge < -0.3 is 15.7 Å².